The number of likely N-dealkylation sites (tertiary alicyclic amines) is 1. The van der Waals surface area contributed by atoms with Crippen molar-refractivity contribution in [2.75, 3.05) is 38.6 Å². The third-order valence-electron chi connectivity index (χ3n) is 6.15. The van der Waals surface area contributed by atoms with Crippen LogP contribution in [0, 0.1) is 18.8 Å². The Kier molecular flexibility index (Phi) is 4.98. The zero-order valence-electron chi connectivity index (χ0n) is 17.4. The average molecular weight is 393 g/mol. The number of rotatable bonds is 3. The standard InChI is InChI=1S/C22H27N5O2/c1-14-7-5-6-8-17(14)21-18-13-26(11-16(18)12-27(21)15(2)28)20-10-23-9-19(24-20)22(29)25(3)4/h5-10,16,18,21H,11-13H2,1-4H3/t16-,18-,21+/m1/s1. The number of benzene rings is 1. The Morgan fingerprint density at radius 2 is 1.86 bits per heavy atom. The molecule has 2 saturated heterocycles. The molecule has 0 bridgehead atoms. The lowest BCUT2D eigenvalue weighted by Crippen LogP contribution is -2.35. The van der Waals surface area contributed by atoms with Crippen molar-refractivity contribution < 1.29 is 9.59 Å². The molecule has 0 spiro atoms. The van der Waals surface area contributed by atoms with E-state index in [1.807, 2.05) is 17.0 Å². The number of carbonyl (C=O) groups excluding carboxylic acids is 2. The Balaban J connectivity index is 1.62. The second-order valence-corrected chi connectivity index (χ2v) is 8.26. The number of anilines is 1. The molecule has 0 N–H and O–H groups in total. The highest BCUT2D eigenvalue weighted by Crippen LogP contribution is 2.46. The summed E-state index contributed by atoms with van der Waals surface area (Å²) >= 11 is 0. The highest BCUT2D eigenvalue weighted by molar-refractivity contribution is 5.91. The third kappa shape index (κ3) is 3.45. The van der Waals surface area contributed by atoms with E-state index >= 15 is 0 Å². The summed E-state index contributed by atoms with van der Waals surface area (Å²) < 4.78 is 0. The number of nitrogens with zero attached hydrogens (tertiary/aromatic N) is 5. The summed E-state index contributed by atoms with van der Waals surface area (Å²) in [6.45, 7) is 6.12. The smallest absolute Gasteiger partial charge is 0.273 e. The molecule has 2 aliphatic heterocycles. The molecule has 7 nitrogen and oxygen atoms in total. The van der Waals surface area contributed by atoms with Crippen LogP contribution in [0.25, 0.3) is 0 Å². The van der Waals surface area contributed by atoms with Crippen LogP contribution in [0.2, 0.25) is 0 Å². The van der Waals surface area contributed by atoms with Gasteiger partial charge in [0.1, 0.15) is 11.5 Å². The van der Waals surface area contributed by atoms with E-state index in [-0.39, 0.29) is 17.9 Å². The molecule has 1 aromatic carbocycles. The second kappa shape index (κ2) is 7.46. The molecule has 7 heteroatoms. The maximum atomic E-state index is 12.4. The summed E-state index contributed by atoms with van der Waals surface area (Å²) in [5, 5.41) is 0. The molecule has 2 aromatic rings. The van der Waals surface area contributed by atoms with Crippen LogP contribution < -0.4 is 4.90 Å². The van der Waals surface area contributed by atoms with Crippen LogP contribution >= 0.6 is 0 Å². The fourth-order valence-corrected chi connectivity index (χ4v) is 4.71. The van der Waals surface area contributed by atoms with Gasteiger partial charge in [-0.15, -0.1) is 0 Å². The molecule has 0 radical (unpaired) electrons. The van der Waals surface area contributed by atoms with Gasteiger partial charge in [-0.3, -0.25) is 14.6 Å². The van der Waals surface area contributed by atoms with Crippen molar-refractivity contribution in [2.24, 2.45) is 11.8 Å². The van der Waals surface area contributed by atoms with Crippen LogP contribution in [-0.2, 0) is 4.79 Å². The number of aryl methyl sites for hydroxylation is 1. The number of fused-ring (bicyclic) bond motifs is 1. The van der Waals surface area contributed by atoms with Gasteiger partial charge in [0.15, 0.2) is 0 Å². The van der Waals surface area contributed by atoms with Gasteiger partial charge in [-0.25, -0.2) is 4.98 Å². The Labute approximate surface area is 171 Å². The van der Waals surface area contributed by atoms with Crippen LogP contribution in [0.5, 0.6) is 0 Å². The van der Waals surface area contributed by atoms with E-state index in [0.717, 1.165) is 25.5 Å². The monoisotopic (exact) mass is 393 g/mol. The minimum Gasteiger partial charge on any atom is -0.355 e. The highest BCUT2D eigenvalue weighted by atomic mass is 16.2. The molecular weight excluding hydrogens is 366 g/mol. The summed E-state index contributed by atoms with van der Waals surface area (Å²) in [5.74, 6) is 1.40. The van der Waals surface area contributed by atoms with Gasteiger partial charge in [0.05, 0.1) is 18.4 Å². The van der Waals surface area contributed by atoms with E-state index in [1.54, 1.807) is 27.2 Å². The van der Waals surface area contributed by atoms with Crippen LogP contribution in [0.3, 0.4) is 0 Å². The van der Waals surface area contributed by atoms with E-state index in [1.165, 1.54) is 22.2 Å². The van der Waals surface area contributed by atoms with Gasteiger partial charge in [-0.05, 0) is 18.1 Å². The first-order valence-electron chi connectivity index (χ1n) is 9.98. The SMILES string of the molecule is CC(=O)N1C[C@H]2CN(c3cncc(C(=O)N(C)C)n3)C[C@H]2[C@@H]1c1ccccc1C. The lowest BCUT2D eigenvalue weighted by atomic mass is 9.87. The summed E-state index contributed by atoms with van der Waals surface area (Å²) in [4.78, 5) is 39.2. The molecule has 3 heterocycles. The summed E-state index contributed by atoms with van der Waals surface area (Å²) in [6.07, 6.45) is 3.23. The molecule has 0 saturated carbocycles. The van der Waals surface area contributed by atoms with Gasteiger partial charge in [0.2, 0.25) is 5.91 Å². The molecule has 29 heavy (non-hydrogen) atoms. The van der Waals surface area contributed by atoms with Crippen molar-refractivity contribution in [1.82, 2.24) is 19.8 Å². The predicted octanol–water partition coefficient (Wildman–Crippen LogP) is 2.14. The van der Waals surface area contributed by atoms with Gasteiger partial charge < -0.3 is 14.7 Å². The maximum Gasteiger partial charge on any atom is 0.273 e. The summed E-state index contributed by atoms with van der Waals surface area (Å²) in [6, 6.07) is 8.39. The molecule has 2 amide bonds. The van der Waals surface area contributed by atoms with Crippen molar-refractivity contribution in [1.29, 1.82) is 0 Å². The molecule has 4 rings (SSSR count). The fourth-order valence-electron chi connectivity index (χ4n) is 4.71. The molecule has 2 aliphatic rings. The lowest BCUT2D eigenvalue weighted by molar-refractivity contribution is -0.130. The Hall–Kier alpha value is -2.96. The summed E-state index contributed by atoms with van der Waals surface area (Å²) in [7, 11) is 3.42. The molecule has 0 aliphatic carbocycles. The number of amides is 2. The Bertz CT molecular complexity index is 944. The highest BCUT2D eigenvalue weighted by Gasteiger charge is 2.49. The first-order valence-corrected chi connectivity index (χ1v) is 9.98. The van der Waals surface area contributed by atoms with Gasteiger partial charge in [-0.2, -0.15) is 0 Å². The minimum absolute atomic E-state index is 0.0725. The Morgan fingerprint density at radius 1 is 1.10 bits per heavy atom. The van der Waals surface area contributed by atoms with Gasteiger partial charge in [-0.1, -0.05) is 24.3 Å². The normalized spacial score (nSPS) is 23.2. The topological polar surface area (TPSA) is 69.6 Å². The third-order valence-corrected chi connectivity index (χ3v) is 6.15. The molecule has 3 atom stereocenters. The molecule has 0 unspecified atom stereocenters. The van der Waals surface area contributed by atoms with Crippen molar-refractivity contribution in [2.45, 2.75) is 19.9 Å². The quantitative estimate of drug-likeness (QED) is 0.799. The van der Waals surface area contributed by atoms with Crippen molar-refractivity contribution in [3.63, 3.8) is 0 Å². The number of carbonyl (C=O) groups is 2. The van der Waals surface area contributed by atoms with E-state index in [4.69, 9.17) is 0 Å². The number of hydrogen-bond acceptors (Lipinski definition) is 5. The molecular formula is C22H27N5O2. The van der Waals surface area contributed by atoms with Crippen molar-refractivity contribution in [3.05, 3.63) is 53.5 Å². The zero-order valence-corrected chi connectivity index (χ0v) is 17.4. The summed E-state index contributed by atoms with van der Waals surface area (Å²) in [5.41, 5.74) is 2.78. The number of aromatic nitrogens is 2. The van der Waals surface area contributed by atoms with Crippen molar-refractivity contribution in [3.8, 4) is 0 Å². The lowest BCUT2D eigenvalue weighted by Gasteiger charge is -2.30. The minimum atomic E-state index is -0.153. The van der Waals surface area contributed by atoms with Crippen LogP contribution in [0.1, 0.15) is 34.6 Å². The Morgan fingerprint density at radius 3 is 2.55 bits per heavy atom. The van der Waals surface area contributed by atoms with E-state index < -0.39 is 0 Å². The number of hydrogen-bond donors (Lipinski definition) is 0. The van der Waals surface area contributed by atoms with Crippen LogP contribution in [-0.4, -0.2) is 65.3 Å². The average Bonchev–Trinajstić information content (AvgIpc) is 3.26. The first kappa shape index (κ1) is 19.4. The molecule has 1 aromatic heterocycles. The zero-order chi connectivity index (χ0) is 20.7. The van der Waals surface area contributed by atoms with Crippen LogP contribution in [0.4, 0.5) is 5.82 Å². The molecule has 152 valence electrons. The van der Waals surface area contributed by atoms with Crippen molar-refractivity contribution >= 4 is 17.6 Å². The van der Waals surface area contributed by atoms with Crippen LogP contribution in [0.15, 0.2) is 36.7 Å². The predicted molar refractivity (Wildman–Crippen MR) is 111 cm³/mol. The van der Waals surface area contributed by atoms with Gasteiger partial charge >= 0.3 is 0 Å². The van der Waals surface area contributed by atoms with E-state index in [9.17, 15) is 9.59 Å². The first-order chi connectivity index (χ1) is 13.9. The largest absolute Gasteiger partial charge is 0.355 e. The maximum absolute atomic E-state index is 12.4. The van der Waals surface area contributed by atoms with Gasteiger partial charge in [0, 0.05) is 52.5 Å². The fraction of sp³-hybridized carbons (Fsp3) is 0.455. The van der Waals surface area contributed by atoms with Gasteiger partial charge in [0.25, 0.3) is 5.91 Å². The van der Waals surface area contributed by atoms with E-state index in [2.05, 4.69) is 33.9 Å². The second-order valence-electron chi connectivity index (χ2n) is 8.26. The molecule has 2 fully saturated rings. The van der Waals surface area contributed by atoms with E-state index in [0.29, 0.717) is 17.5 Å².